The van der Waals surface area contributed by atoms with Crippen LogP contribution in [0.25, 0.3) is 0 Å². The van der Waals surface area contributed by atoms with Crippen molar-refractivity contribution in [1.82, 2.24) is 0 Å². The third kappa shape index (κ3) is 2.42. The zero-order chi connectivity index (χ0) is 12.7. The lowest BCUT2D eigenvalue weighted by atomic mass is 10.1. The van der Waals surface area contributed by atoms with E-state index < -0.39 is 10.1 Å². The van der Waals surface area contributed by atoms with Gasteiger partial charge in [0.1, 0.15) is 0 Å². The fraction of sp³-hybridized carbons (Fsp3) is 0.385. The highest BCUT2D eigenvalue weighted by atomic mass is 32.2. The summed E-state index contributed by atoms with van der Waals surface area (Å²) >= 11 is 0. The van der Waals surface area contributed by atoms with Gasteiger partial charge in [0, 0.05) is 5.41 Å². The molecule has 1 saturated carbocycles. The van der Waals surface area contributed by atoms with Crippen LogP contribution in [0.3, 0.4) is 0 Å². The Balaban J connectivity index is 2.16. The van der Waals surface area contributed by atoms with Crippen LogP contribution in [-0.4, -0.2) is 14.5 Å². The minimum atomic E-state index is -3.64. The summed E-state index contributed by atoms with van der Waals surface area (Å²) in [7, 11) is -3.64. The van der Waals surface area contributed by atoms with Crippen molar-refractivity contribution in [3.05, 3.63) is 42.5 Å². The van der Waals surface area contributed by atoms with Gasteiger partial charge in [-0.2, -0.15) is 8.42 Å². The van der Waals surface area contributed by atoms with E-state index in [9.17, 15) is 8.42 Å². The largest absolute Gasteiger partial charge is 0.297 e. The number of hydrogen-bond donors (Lipinski definition) is 0. The van der Waals surface area contributed by atoms with Gasteiger partial charge in [-0.3, -0.25) is 4.18 Å². The highest BCUT2D eigenvalue weighted by molar-refractivity contribution is 7.86. The standard InChI is InChI=1S/C13H16O3S/c1-4-13(3)9-12(13)16-17(14,15)11-7-5-10(2)6-8-11/h4-8,12H,1,9H2,2-3H3. The summed E-state index contributed by atoms with van der Waals surface area (Å²) in [5.41, 5.74) is 0.823. The molecule has 0 spiro atoms. The Hall–Kier alpha value is -1.13. The smallest absolute Gasteiger partial charge is 0.262 e. The van der Waals surface area contributed by atoms with Gasteiger partial charge in [0.2, 0.25) is 0 Å². The van der Waals surface area contributed by atoms with Gasteiger partial charge in [0.05, 0.1) is 11.0 Å². The molecule has 2 atom stereocenters. The molecule has 17 heavy (non-hydrogen) atoms. The molecule has 0 heterocycles. The molecule has 2 rings (SSSR count). The van der Waals surface area contributed by atoms with Crippen molar-refractivity contribution < 1.29 is 12.6 Å². The maximum atomic E-state index is 11.9. The Labute approximate surface area is 102 Å². The molecule has 0 saturated heterocycles. The Bertz CT molecular complexity index is 530. The van der Waals surface area contributed by atoms with Crippen LogP contribution in [0.5, 0.6) is 0 Å². The molecular weight excluding hydrogens is 236 g/mol. The van der Waals surface area contributed by atoms with E-state index >= 15 is 0 Å². The van der Waals surface area contributed by atoms with Gasteiger partial charge < -0.3 is 0 Å². The van der Waals surface area contributed by atoms with Gasteiger partial charge in [-0.25, -0.2) is 0 Å². The molecule has 92 valence electrons. The predicted octanol–water partition coefficient (Wildman–Crippen LogP) is 2.66. The Morgan fingerprint density at radius 1 is 1.41 bits per heavy atom. The Morgan fingerprint density at radius 2 is 2.00 bits per heavy atom. The summed E-state index contributed by atoms with van der Waals surface area (Å²) in [4.78, 5) is 0.210. The maximum Gasteiger partial charge on any atom is 0.297 e. The molecule has 0 bridgehead atoms. The molecule has 0 N–H and O–H groups in total. The lowest BCUT2D eigenvalue weighted by Crippen LogP contribution is -2.11. The van der Waals surface area contributed by atoms with Crippen LogP contribution in [0.4, 0.5) is 0 Å². The van der Waals surface area contributed by atoms with E-state index in [4.69, 9.17) is 4.18 Å². The SMILES string of the molecule is C=CC1(C)CC1OS(=O)(=O)c1ccc(C)cc1. The molecule has 2 unspecified atom stereocenters. The zero-order valence-electron chi connectivity index (χ0n) is 10.0. The van der Waals surface area contributed by atoms with Gasteiger partial charge in [0.15, 0.2) is 0 Å². The molecule has 1 aliphatic rings. The monoisotopic (exact) mass is 252 g/mol. The molecule has 0 aliphatic heterocycles. The van der Waals surface area contributed by atoms with E-state index in [0.717, 1.165) is 5.56 Å². The highest BCUT2D eigenvalue weighted by Gasteiger charge is 2.51. The van der Waals surface area contributed by atoms with Crippen molar-refractivity contribution in [3.8, 4) is 0 Å². The molecule has 1 aromatic carbocycles. The topological polar surface area (TPSA) is 43.4 Å². The lowest BCUT2D eigenvalue weighted by Gasteiger charge is -2.07. The average Bonchev–Trinajstić information content (AvgIpc) is 2.90. The van der Waals surface area contributed by atoms with Crippen LogP contribution in [0, 0.1) is 12.3 Å². The third-order valence-electron chi connectivity index (χ3n) is 3.22. The first-order valence-electron chi connectivity index (χ1n) is 5.51. The van der Waals surface area contributed by atoms with Crippen molar-refractivity contribution in [2.75, 3.05) is 0 Å². The first-order valence-corrected chi connectivity index (χ1v) is 6.92. The number of hydrogen-bond acceptors (Lipinski definition) is 3. The van der Waals surface area contributed by atoms with Crippen LogP contribution in [0.15, 0.2) is 41.8 Å². The second kappa shape index (κ2) is 3.96. The van der Waals surface area contributed by atoms with Crippen molar-refractivity contribution >= 4 is 10.1 Å². The summed E-state index contributed by atoms with van der Waals surface area (Å²) < 4.78 is 29.1. The molecule has 0 aromatic heterocycles. The highest BCUT2D eigenvalue weighted by Crippen LogP contribution is 2.50. The molecule has 0 radical (unpaired) electrons. The molecule has 1 aromatic rings. The van der Waals surface area contributed by atoms with Crippen LogP contribution in [0.1, 0.15) is 18.9 Å². The van der Waals surface area contributed by atoms with E-state index in [-0.39, 0.29) is 16.4 Å². The Kier molecular flexibility index (Phi) is 2.87. The van der Waals surface area contributed by atoms with Crippen molar-refractivity contribution in [2.45, 2.75) is 31.3 Å². The van der Waals surface area contributed by atoms with Gasteiger partial charge in [0.25, 0.3) is 10.1 Å². The summed E-state index contributed by atoms with van der Waals surface area (Å²) in [5, 5.41) is 0. The van der Waals surface area contributed by atoms with Gasteiger partial charge in [-0.1, -0.05) is 30.7 Å². The van der Waals surface area contributed by atoms with E-state index in [1.807, 2.05) is 13.8 Å². The first-order chi connectivity index (χ1) is 7.87. The van der Waals surface area contributed by atoms with Gasteiger partial charge >= 0.3 is 0 Å². The molecule has 1 aliphatic carbocycles. The zero-order valence-corrected chi connectivity index (χ0v) is 10.8. The summed E-state index contributed by atoms with van der Waals surface area (Å²) in [5.74, 6) is 0. The van der Waals surface area contributed by atoms with Crippen molar-refractivity contribution in [3.63, 3.8) is 0 Å². The molecule has 0 amide bonds. The number of benzene rings is 1. The third-order valence-corrected chi connectivity index (χ3v) is 4.55. The minimum absolute atomic E-state index is 0.197. The predicted molar refractivity (Wildman–Crippen MR) is 66.2 cm³/mol. The van der Waals surface area contributed by atoms with Crippen molar-refractivity contribution in [2.24, 2.45) is 5.41 Å². The Morgan fingerprint density at radius 3 is 2.47 bits per heavy atom. The van der Waals surface area contributed by atoms with E-state index in [1.54, 1.807) is 30.3 Å². The van der Waals surface area contributed by atoms with Crippen LogP contribution >= 0.6 is 0 Å². The van der Waals surface area contributed by atoms with E-state index in [0.29, 0.717) is 6.42 Å². The second-order valence-electron chi connectivity index (χ2n) is 4.77. The van der Waals surface area contributed by atoms with Gasteiger partial charge in [-0.15, -0.1) is 6.58 Å². The number of rotatable bonds is 4. The fourth-order valence-electron chi connectivity index (χ4n) is 1.61. The normalized spacial score (nSPS) is 27.8. The van der Waals surface area contributed by atoms with Crippen LogP contribution in [-0.2, 0) is 14.3 Å². The molecular formula is C13H16O3S. The summed E-state index contributed by atoms with van der Waals surface area (Å²) in [6.07, 6.45) is 2.19. The quantitative estimate of drug-likeness (QED) is 0.611. The fourth-order valence-corrected chi connectivity index (χ4v) is 2.79. The summed E-state index contributed by atoms with van der Waals surface area (Å²) in [6, 6.07) is 6.66. The minimum Gasteiger partial charge on any atom is -0.262 e. The summed E-state index contributed by atoms with van der Waals surface area (Å²) in [6.45, 7) is 7.53. The van der Waals surface area contributed by atoms with Crippen LogP contribution in [0.2, 0.25) is 0 Å². The number of aryl methyl sites for hydroxylation is 1. The molecule has 1 fully saturated rings. The first kappa shape index (κ1) is 12.3. The van der Waals surface area contributed by atoms with E-state index in [2.05, 4.69) is 6.58 Å². The molecule has 3 nitrogen and oxygen atoms in total. The lowest BCUT2D eigenvalue weighted by molar-refractivity contribution is 0.275. The van der Waals surface area contributed by atoms with Crippen LogP contribution < -0.4 is 0 Å². The van der Waals surface area contributed by atoms with E-state index in [1.165, 1.54) is 0 Å². The van der Waals surface area contributed by atoms with Crippen molar-refractivity contribution in [1.29, 1.82) is 0 Å². The second-order valence-corrected chi connectivity index (χ2v) is 6.34. The maximum absolute atomic E-state index is 11.9. The average molecular weight is 252 g/mol. The molecule has 4 heteroatoms. The van der Waals surface area contributed by atoms with Gasteiger partial charge in [-0.05, 0) is 25.5 Å².